The van der Waals surface area contributed by atoms with Crippen LogP contribution < -0.4 is 4.74 Å². The van der Waals surface area contributed by atoms with Gasteiger partial charge in [0.15, 0.2) is 0 Å². The molecule has 3 nitrogen and oxygen atoms in total. The van der Waals surface area contributed by atoms with Gasteiger partial charge >= 0.3 is 0 Å². The zero-order valence-corrected chi connectivity index (χ0v) is 12.1. The Balaban J connectivity index is 1.59. The summed E-state index contributed by atoms with van der Waals surface area (Å²) in [6.45, 7) is 7.60. The van der Waals surface area contributed by atoms with Gasteiger partial charge in [0, 0.05) is 19.6 Å². The van der Waals surface area contributed by atoms with Crippen molar-refractivity contribution in [1.82, 2.24) is 4.90 Å². The summed E-state index contributed by atoms with van der Waals surface area (Å²) in [5.74, 6) is 0.950. The predicted molar refractivity (Wildman–Crippen MR) is 77.6 cm³/mol. The third-order valence-electron chi connectivity index (χ3n) is 3.63. The van der Waals surface area contributed by atoms with Gasteiger partial charge in [0.05, 0.1) is 12.2 Å². The number of aliphatic hydroxyl groups is 1. The third-order valence-corrected chi connectivity index (χ3v) is 3.63. The normalized spacial score (nSPS) is 18.1. The van der Waals surface area contributed by atoms with Gasteiger partial charge in [0.1, 0.15) is 5.75 Å². The van der Waals surface area contributed by atoms with E-state index in [4.69, 9.17) is 4.74 Å². The summed E-state index contributed by atoms with van der Waals surface area (Å²) < 4.78 is 5.72. The van der Waals surface area contributed by atoms with Gasteiger partial charge in [-0.05, 0) is 37.5 Å². The number of ether oxygens (including phenoxy) is 1. The fourth-order valence-corrected chi connectivity index (χ4v) is 2.75. The van der Waals surface area contributed by atoms with Crippen molar-refractivity contribution < 1.29 is 9.84 Å². The van der Waals surface area contributed by atoms with Gasteiger partial charge in [0.25, 0.3) is 0 Å². The summed E-state index contributed by atoms with van der Waals surface area (Å²) >= 11 is 0. The van der Waals surface area contributed by atoms with Crippen molar-refractivity contribution in [3.05, 3.63) is 29.8 Å². The number of benzene rings is 1. The van der Waals surface area contributed by atoms with E-state index < -0.39 is 5.60 Å². The van der Waals surface area contributed by atoms with E-state index in [1.807, 2.05) is 12.1 Å². The second-order valence-electron chi connectivity index (χ2n) is 5.70. The molecule has 1 fully saturated rings. The molecule has 3 heteroatoms. The summed E-state index contributed by atoms with van der Waals surface area (Å²) in [5.41, 5.74) is 0.816. The topological polar surface area (TPSA) is 32.7 Å². The van der Waals surface area contributed by atoms with Crippen LogP contribution in [0.3, 0.4) is 0 Å². The molecular formula is C16H25NO2. The van der Waals surface area contributed by atoms with Crippen molar-refractivity contribution in [2.75, 3.05) is 26.2 Å². The van der Waals surface area contributed by atoms with Gasteiger partial charge in [-0.2, -0.15) is 0 Å². The van der Waals surface area contributed by atoms with Gasteiger partial charge in [0.2, 0.25) is 0 Å². The maximum atomic E-state index is 10.1. The molecule has 0 bridgehead atoms. The van der Waals surface area contributed by atoms with Gasteiger partial charge in [-0.15, -0.1) is 0 Å². The van der Waals surface area contributed by atoms with Crippen LogP contribution in [-0.4, -0.2) is 41.8 Å². The average molecular weight is 263 g/mol. The maximum absolute atomic E-state index is 10.1. The number of β-amino-alcohol motifs (C(OH)–C–C–N with tert-alkyl or cyclic N) is 1. The second-order valence-corrected chi connectivity index (χ2v) is 5.70. The van der Waals surface area contributed by atoms with E-state index in [-0.39, 0.29) is 0 Å². The lowest BCUT2D eigenvalue weighted by Gasteiger charge is -2.46. The van der Waals surface area contributed by atoms with Crippen LogP contribution in [0.1, 0.15) is 31.7 Å². The third kappa shape index (κ3) is 4.22. The van der Waals surface area contributed by atoms with Crippen LogP contribution in [-0.2, 0) is 0 Å². The Morgan fingerprint density at radius 3 is 2.84 bits per heavy atom. The Hall–Kier alpha value is -1.06. The minimum Gasteiger partial charge on any atom is -0.494 e. The summed E-state index contributed by atoms with van der Waals surface area (Å²) in [7, 11) is 0. The molecule has 0 atom stereocenters. The Bertz CT molecular complexity index is 399. The molecule has 0 aliphatic carbocycles. The largest absolute Gasteiger partial charge is 0.494 e. The Morgan fingerprint density at radius 2 is 2.16 bits per heavy atom. The molecular weight excluding hydrogens is 238 g/mol. The molecule has 0 unspecified atom stereocenters. The molecule has 0 amide bonds. The molecule has 1 aromatic rings. The van der Waals surface area contributed by atoms with E-state index in [2.05, 4.69) is 30.9 Å². The minimum atomic E-state index is -0.411. The van der Waals surface area contributed by atoms with Crippen molar-refractivity contribution in [2.45, 2.75) is 38.7 Å². The van der Waals surface area contributed by atoms with E-state index in [9.17, 15) is 5.11 Å². The number of likely N-dealkylation sites (tertiary alicyclic amines) is 1. The average Bonchev–Trinajstić information content (AvgIpc) is 2.33. The fraction of sp³-hybridized carbons (Fsp3) is 0.625. The van der Waals surface area contributed by atoms with E-state index in [1.165, 1.54) is 5.56 Å². The highest BCUT2D eigenvalue weighted by Gasteiger charge is 2.39. The highest BCUT2D eigenvalue weighted by Crippen LogP contribution is 2.25. The number of hydrogen-bond acceptors (Lipinski definition) is 3. The van der Waals surface area contributed by atoms with Gasteiger partial charge < -0.3 is 9.84 Å². The van der Waals surface area contributed by atoms with Gasteiger partial charge in [-0.25, -0.2) is 0 Å². The van der Waals surface area contributed by atoms with Crippen LogP contribution in [0.5, 0.6) is 5.75 Å². The zero-order valence-electron chi connectivity index (χ0n) is 12.1. The summed E-state index contributed by atoms with van der Waals surface area (Å²) in [6.07, 6.45) is 2.99. The Kier molecular flexibility index (Phi) is 4.83. The van der Waals surface area contributed by atoms with Crippen molar-refractivity contribution in [1.29, 1.82) is 0 Å². The molecule has 1 aromatic carbocycles. The SMILES string of the molecule is CCCC1(O)CN(CCCOc2cccc(C)c2)C1. The molecule has 0 saturated carbocycles. The first kappa shape index (κ1) is 14.4. The first-order valence-corrected chi connectivity index (χ1v) is 7.25. The molecule has 1 saturated heterocycles. The Labute approximate surface area is 116 Å². The molecule has 106 valence electrons. The lowest BCUT2D eigenvalue weighted by molar-refractivity contribution is -0.103. The highest BCUT2D eigenvalue weighted by atomic mass is 16.5. The first-order chi connectivity index (χ1) is 9.11. The van der Waals surface area contributed by atoms with Crippen molar-refractivity contribution in [2.24, 2.45) is 0 Å². The van der Waals surface area contributed by atoms with Gasteiger partial charge in [-0.1, -0.05) is 25.5 Å². The lowest BCUT2D eigenvalue weighted by atomic mass is 9.89. The molecule has 1 aliphatic rings. The lowest BCUT2D eigenvalue weighted by Crippen LogP contribution is -2.61. The molecule has 0 aromatic heterocycles. The van der Waals surface area contributed by atoms with Crippen molar-refractivity contribution >= 4 is 0 Å². The number of aryl methyl sites for hydroxylation is 1. The molecule has 1 aliphatic heterocycles. The van der Waals surface area contributed by atoms with Crippen LogP contribution in [0.25, 0.3) is 0 Å². The smallest absolute Gasteiger partial charge is 0.119 e. The molecule has 1 N–H and O–H groups in total. The Morgan fingerprint density at radius 1 is 1.37 bits per heavy atom. The summed E-state index contributed by atoms with van der Waals surface area (Å²) in [5, 5.41) is 10.1. The predicted octanol–water partition coefficient (Wildman–Crippen LogP) is 2.61. The van der Waals surface area contributed by atoms with Crippen LogP contribution in [0.15, 0.2) is 24.3 Å². The molecule has 1 heterocycles. The van der Waals surface area contributed by atoms with Crippen molar-refractivity contribution in [3.8, 4) is 5.75 Å². The number of nitrogens with zero attached hydrogens (tertiary/aromatic N) is 1. The van der Waals surface area contributed by atoms with E-state index in [1.54, 1.807) is 0 Å². The molecule has 19 heavy (non-hydrogen) atoms. The molecule has 0 radical (unpaired) electrons. The maximum Gasteiger partial charge on any atom is 0.119 e. The van der Waals surface area contributed by atoms with Crippen LogP contribution in [0.4, 0.5) is 0 Å². The van der Waals surface area contributed by atoms with E-state index in [0.29, 0.717) is 0 Å². The van der Waals surface area contributed by atoms with E-state index >= 15 is 0 Å². The van der Waals surface area contributed by atoms with Crippen LogP contribution >= 0.6 is 0 Å². The quantitative estimate of drug-likeness (QED) is 0.768. The number of hydrogen-bond donors (Lipinski definition) is 1. The van der Waals surface area contributed by atoms with E-state index in [0.717, 1.165) is 51.3 Å². The van der Waals surface area contributed by atoms with Crippen molar-refractivity contribution in [3.63, 3.8) is 0 Å². The molecule has 0 spiro atoms. The van der Waals surface area contributed by atoms with Crippen LogP contribution in [0, 0.1) is 6.92 Å². The highest BCUT2D eigenvalue weighted by molar-refractivity contribution is 5.27. The van der Waals surface area contributed by atoms with Crippen LogP contribution in [0.2, 0.25) is 0 Å². The summed E-state index contributed by atoms with van der Waals surface area (Å²) in [4.78, 5) is 2.30. The monoisotopic (exact) mass is 263 g/mol. The summed E-state index contributed by atoms with van der Waals surface area (Å²) in [6, 6.07) is 8.15. The second kappa shape index (κ2) is 6.40. The molecule has 2 rings (SSSR count). The first-order valence-electron chi connectivity index (χ1n) is 7.25. The van der Waals surface area contributed by atoms with Gasteiger partial charge in [-0.3, -0.25) is 4.90 Å². The number of rotatable bonds is 7. The minimum absolute atomic E-state index is 0.411. The fourth-order valence-electron chi connectivity index (χ4n) is 2.75. The zero-order chi connectivity index (χ0) is 13.7. The standard InChI is InChI=1S/C16H25NO2/c1-3-8-16(18)12-17(13-16)9-5-10-19-15-7-4-6-14(2)11-15/h4,6-7,11,18H,3,5,8-10,12-13H2,1-2H3.